The Labute approximate surface area is 106 Å². The second-order valence-electron chi connectivity index (χ2n) is 4.67. The van der Waals surface area contributed by atoms with Crippen LogP contribution in [-0.2, 0) is 4.74 Å². The SMILES string of the molecule is Cc1cc(NC2CCOC2C)cc(C(=O)O)c1N. The van der Waals surface area contributed by atoms with Gasteiger partial charge < -0.3 is 20.9 Å². The van der Waals surface area contributed by atoms with Gasteiger partial charge in [-0.25, -0.2) is 4.79 Å². The van der Waals surface area contributed by atoms with Gasteiger partial charge >= 0.3 is 5.97 Å². The van der Waals surface area contributed by atoms with Crippen molar-refractivity contribution in [1.82, 2.24) is 0 Å². The molecule has 1 heterocycles. The molecule has 5 nitrogen and oxygen atoms in total. The lowest BCUT2D eigenvalue weighted by Crippen LogP contribution is -2.26. The van der Waals surface area contributed by atoms with E-state index in [1.54, 1.807) is 6.07 Å². The van der Waals surface area contributed by atoms with Crippen LogP contribution in [0, 0.1) is 6.92 Å². The topological polar surface area (TPSA) is 84.6 Å². The molecule has 1 saturated heterocycles. The summed E-state index contributed by atoms with van der Waals surface area (Å²) in [5, 5.41) is 12.4. The van der Waals surface area contributed by atoms with Crippen LogP contribution in [0.15, 0.2) is 12.1 Å². The second-order valence-corrected chi connectivity index (χ2v) is 4.67. The fraction of sp³-hybridized carbons (Fsp3) is 0.462. The molecule has 0 spiro atoms. The highest BCUT2D eigenvalue weighted by atomic mass is 16.5. The lowest BCUT2D eigenvalue weighted by atomic mass is 10.1. The summed E-state index contributed by atoms with van der Waals surface area (Å²) in [6.45, 7) is 4.55. The summed E-state index contributed by atoms with van der Waals surface area (Å²) in [5.41, 5.74) is 7.77. The summed E-state index contributed by atoms with van der Waals surface area (Å²) in [4.78, 5) is 11.1. The molecule has 0 saturated carbocycles. The number of benzene rings is 1. The normalized spacial score (nSPS) is 23.0. The molecule has 0 bridgehead atoms. The maximum atomic E-state index is 11.1. The molecule has 1 aliphatic heterocycles. The third-order valence-electron chi connectivity index (χ3n) is 3.35. The Bertz CT molecular complexity index is 474. The third kappa shape index (κ3) is 2.41. The van der Waals surface area contributed by atoms with Crippen LogP contribution in [-0.4, -0.2) is 29.8 Å². The zero-order chi connectivity index (χ0) is 13.3. The number of anilines is 2. The molecule has 4 N–H and O–H groups in total. The number of nitrogens with one attached hydrogen (secondary N) is 1. The number of hydrogen-bond acceptors (Lipinski definition) is 4. The van der Waals surface area contributed by atoms with E-state index in [-0.39, 0.29) is 17.7 Å². The van der Waals surface area contributed by atoms with Gasteiger partial charge in [-0.05, 0) is 38.0 Å². The van der Waals surface area contributed by atoms with Crippen molar-refractivity contribution in [1.29, 1.82) is 0 Å². The molecule has 0 radical (unpaired) electrons. The van der Waals surface area contributed by atoms with E-state index in [1.807, 2.05) is 19.9 Å². The lowest BCUT2D eigenvalue weighted by molar-refractivity contribution is 0.0698. The minimum Gasteiger partial charge on any atom is -0.478 e. The number of nitrogen functional groups attached to an aromatic ring is 1. The minimum absolute atomic E-state index is 0.135. The zero-order valence-corrected chi connectivity index (χ0v) is 10.6. The van der Waals surface area contributed by atoms with E-state index >= 15 is 0 Å². The Morgan fingerprint density at radius 1 is 1.56 bits per heavy atom. The van der Waals surface area contributed by atoms with Crippen molar-refractivity contribution in [2.75, 3.05) is 17.7 Å². The lowest BCUT2D eigenvalue weighted by Gasteiger charge is -2.19. The molecule has 5 heteroatoms. The van der Waals surface area contributed by atoms with Crippen molar-refractivity contribution in [3.8, 4) is 0 Å². The quantitative estimate of drug-likeness (QED) is 0.713. The highest BCUT2D eigenvalue weighted by molar-refractivity contribution is 5.95. The van der Waals surface area contributed by atoms with Gasteiger partial charge in [-0.2, -0.15) is 0 Å². The molecule has 1 aromatic carbocycles. The number of hydrogen-bond donors (Lipinski definition) is 3. The first-order valence-corrected chi connectivity index (χ1v) is 6.00. The van der Waals surface area contributed by atoms with Crippen molar-refractivity contribution in [2.45, 2.75) is 32.4 Å². The van der Waals surface area contributed by atoms with E-state index in [0.29, 0.717) is 5.69 Å². The number of ether oxygens (including phenoxy) is 1. The van der Waals surface area contributed by atoms with Crippen LogP contribution in [0.2, 0.25) is 0 Å². The average molecular weight is 250 g/mol. The molecule has 1 aromatic rings. The molecule has 0 aliphatic carbocycles. The number of nitrogens with two attached hydrogens (primary N) is 1. The second kappa shape index (κ2) is 4.86. The van der Waals surface area contributed by atoms with Gasteiger partial charge in [-0.1, -0.05) is 0 Å². The van der Waals surface area contributed by atoms with Crippen LogP contribution in [0.4, 0.5) is 11.4 Å². The molecule has 2 rings (SSSR count). The number of rotatable bonds is 3. The minimum atomic E-state index is -1.00. The number of carboxylic acids is 1. The predicted molar refractivity (Wildman–Crippen MR) is 70.0 cm³/mol. The first-order valence-electron chi connectivity index (χ1n) is 6.00. The summed E-state index contributed by atoms with van der Waals surface area (Å²) in [7, 11) is 0. The fourth-order valence-corrected chi connectivity index (χ4v) is 2.19. The Hall–Kier alpha value is -1.75. The van der Waals surface area contributed by atoms with E-state index in [1.165, 1.54) is 0 Å². The number of carboxylic acid groups (broad SMARTS) is 1. The van der Waals surface area contributed by atoms with Crippen molar-refractivity contribution in [3.63, 3.8) is 0 Å². The largest absolute Gasteiger partial charge is 0.478 e. The monoisotopic (exact) mass is 250 g/mol. The smallest absolute Gasteiger partial charge is 0.337 e. The van der Waals surface area contributed by atoms with Gasteiger partial charge in [-0.3, -0.25) is 0 Å². The Morgan fingerprint density at radius 2 is 2.28 bits per heavy atom. The number of carbonyl (C=O) groups is 1. The van der Waals surface area contributed by atoms with Crippen LogP contribution in [0.1, 0.15) is 29.3 Å². The number of aryl methyl sites for hydroxylation is 1. The first-order chi connectivity index (χ1) is 8.49. The van der Waals surface area contributed by atoms with E-state index in [4.69, 9.17) is 15.6 Å². The van der Waals surface area contributed by atoms with E-state index in [9.17, 15) is 4.79 Å². The van der Waals surface area contributed by atoms with Gasteiger partial charge in [0, 0.05) is 18.0 Å². The maximum absolute atomic E-state index is 11.1. The molecule has 1 aliphatic rings. The molecule has 98 valence electrons. The summed E-state index contributed by atoms with van der Waals surface area (Å²) < 4.78 is 5.47. The Kier molecular flexibility index (Phi) is 3.43. The van der Waals surface area contributed by atoms with Crippen LogP contribution in [0.3, 0.4) is 0 Å². The van der Waals surface area contributed by atoms with Crippen molar-refractivity contribution >= 4 is 17.3 Å². The molecular formula is C13H18N2O3. The molecule has 1 fully saturated rings. The highest BCUT2D eigenvalue weighted by Crippen LogP contribution is 2.25. The zero-order valence-electron chi connectivity index (χ0n) is 10.6. The highest BCUT2D eigenvalue weighted by Gasteiger charge is 2.24. The van der Waals surface area contributed by atoms with Gasteiger partial charge in [0.05, 0.1) is 17.7 Å². The van der Waals surface area contributed by atoms with Gasteiger partial charge in [0.2, 0.25) is 0 Å². The van der Waals surface area contributed by atoms with Crippen LogP contribution >= 0.6 is 0 Å². The molecular weight excluding hydrogens is 232 g/mol. The molecule has 2 unspecified atom stereocenters. The Balaban J connectivity index is 2.26. The van der Waals surface area contributed by atoms with E-state index in [2.05, 4.69) is 5.32 Å². The number of aromatic carboxylic acids is 1. The summed E-state index contributed by atoms with van der Waals surface area (Å²) >= 11 is 0. The first kappa shape index (κ1) is 12.7. The van der Waals surface area contributed by atoms with E-state index < -0.39 is 5.97 Å². The van der Waals surface area contributed by atoms with Crippen molar-refractivity contribution in [3.05, 3.63) is 23.3 Å². The summed E-state index contributed by atoms with van der Waals surface area (Å²) in [5.74, 6) is -1.00. The molecule has 18 heavy (non-hydrogen) atoms. The van der Waals surface area contributed by atoms with Gasteiger partial charge in [0.1, 0.15) is 0 Å². The van der Waals surface area contributed by atoms with Crippen LogP contribution in [0.25, 0.3) is 0 Å². The summed E-state index contributed by atoms with van der Waals surface area (Å²) in [6, 6.07) is 3.66. The van der Waals surface area contributed by atoms with Crippen LogP contribution < -0.4 is 11.1 Å². The van der Waals surface area contributed by atoms with Crippen LogP contribution in [0.5, 0.6) is 0 Å². The average Bonchev–Trinajstić information content (AvgIpc) is 2.69. The standard InChI is InChI=1S/C13H18N2O3/c1-7-5-9(6-10(12(7)14)13(16)17)15-11-3-4-18-8(11)2/h5-6,8,11,15H,3-4,14H2,1-2H3,(H,16,17). The van der Waals surface area contributed by atoms with Crippen molar-refractivity contribution < 1.29 is 14.6 Å². The molecule has 2 atom stereocenters. The Morgan fingerprint density at radius 3 is 2.83 bits per heavy atom. The maximum Gasteiger partial charge on any atom is 0.337 e. The fourth-order valence-electron chi connectivity index (χ4n) is 2.19. The third-order valence-corrected chi connectivity index (χ3v) is 3.35. The molecule has 0 amide bonds. The van der Waals surface area contributed by atoms with Crippen molar-refractivity contribution in [2.24, 2.45) is 0 Å². The van der Waals surface area contributed by atoms with Gasteiger partial charge in [0.25, 0.3) is 0 Å². The van der Waals surface area contributed by atoms with E-state index in [0.717, 1.165) is 24.3 Å². The van der Waals surface area contributed by atoms with Gasteiger partial charge in [0.15, 0.2) is 0 Å². The molecule has 0 aromatic heterocycles. The predicted octanol–water partition coefficient (Wildman–Crippen LogP) is 1.86. The van der Waals surface area contributed by atoms with Gasteiger partial charge in [-0.15, -0.1) is 0 Å². The summed E-state index contributed by atoms with van der Waals surface area (Å²) in [6.07, 6.45) is 1.06.